The Kier molecular flexibility index (Phi) is 2.38. The smallest absolute Gasteiger partial charge is 0.309 e. The predicted octanol–water partition coefficient (Wildman–Crippen LogP) is 0.0522. The van der Waals surface area contributed by atoms with Crippen LogP contribution in [0.4, 0.5) is 0 Å². The van der Waals surface area contributed by atoms with Gasteiger partial charge in [0.25, 0.3) is 0 Å². The molecule has 0 radical (unpaired) electrons. The molecule has 82 valence electrons. The second kappa shape index (κ2) is 3.44. The van der Waals surface area contributed by atoms with Crippen molar-refractivity contribution < 1.29 is 8.42 Å². The van der Waals surface area contributed by atoms with Gasteiger partial charge in [0, 0.05) is 17.5 Å². The monoisotopic (exact) mass is 228 g/mol. The largest absolute Gasteiger partial charge is 0.346 e. The number of aromatic amines is 1. The Hall–Kier alpha value is -1.17. The molecule has 0 unspecified atom stereocenters. The van der Waals surface area contributed by atoms with Gasteiger partial charge < -0.3 is 4.98 Å². The molecule has 1 aromatic heterocycles. The van der Waals surface area contributed by atoms with Crippen LogP contribution in [0.1, 0.15) is 24.1 Å². The summed E-state index contributed by atoms with van der Waals surface area (Å²) in [7, 11) is -3.40. The molecule has 1 heterocycles. The summed E-state index contributed by atoms with van der Waals surface area (Å²) in [5.41, 5.74) is 0.862. The van der Waals surface area contributed by atoms with Crippen LogP contribution < -0.4 is 5.69 Å². The molecule has 2 rings (SSSR count). The quantitative estimate of drug-likeness (QED) is 0.689. The lowest BCUT2D eigenvalue weighted by molar-refractivity contribution is 0.585. The highest BCUT2D eigenvalue weighted by Crippen LogP contribution is 2.22. The molecular formula is C9H12N2O3S. The van der Waals surface area contributed by atoms with E-state index in [-0.39, 0.29) is 5.03 Å². The Bertz CT molecular complexity index is 545. The normalized spacial score (nSPS) is 16.1. The van der Waals surface area contributed by atoms with Crippen molar-refractivity contribution in [1.29, 1.82) is 0 Å². The summed E-state index contributed by atoms with van der Waals surface area (Å²) in [6.07, 6.45) is 4.43. The molecule has 1 aromatic rings. The van der Waals surface area contributed by atoms with E-state index in [2.05, 4.69) is 9.97 Å². The second-order valence-corrected chi connectivity index (χ2v) is 5.71. The summed E-state index contributed by atoms with van der Waals surface area (Å²) in [6.45, 7) is 0. The third kappa shape index (κ3) is 1.94. The van der Waals surface area contributed by atoms with Gasteiger partial charge in [-0.25, -0.2) is 13.2 Å². The number of hydrogen-bond acceptors (Lipinski definition) is 4. The van der Waals surface area contributed by atoms with Crippen LogP contribution in [0.15, 0.2) is 9.82 Å². The molecule has 0 spiro atoms. The number of hydrogen-bond donors (Lipinski definition) is 1. The highest BCUT2D eigenvalue weighted by molar-refractivity contribution is 7.90. The van der Waals surface area contributed by atoms with Crippen molar-refractivity contribution in [3.05, 3.63) is 21.7 Å². The first-order valence-electron chi connectivity index (χ1n) is 4.80. The van der Waals surface area contributed by atoms with Crippen molar-refractivity contribution in [1.82, 2.24) is 9.97 Å². The Labute approximate surface area is 87.5 Å². The minimum Gasteiger partial charge on any atom is -0.309 e. The van der Waals surface area contributed by atoms with Crippen LogP contribution in [0.3, 0.4) is 0 Å². The van der Waals surface area contributed by atoms with Crippen LogP contribution in [0.5, 0.6) is 0 Å². The number of rotatable bonds is 1. The lowest BCUT2D eigenvalue weighted by atomic mass is 9.98. The van der Waals surface area contributed by atoms with Crippen molar-refractivity contribution in [2.45, 2.75) is 30.7 Å². The Morgan fingerprint density at radius 1 is 1.27 bits per heavy atom. The third-order valence-corrected chi connectivity index (χ3v) is 3.58. The Morgan fingerprint density at radius 3 is 2.60 bits per heavy atom. The molecule has 6 heteroatoms. The molecule has 0 bridgehead atoms. The highest BCUT2D eigenvalue weighted by atomic mass is 32.2. The topological polar surface area (TPSA) is 79.9 Å². The number of nitrogens with zero attached hydrogens (tertiary/aromatic N) is 1. The van der Waals surface area contributed by atoms with Gasteiger partial charge in [-0.3, -0.25) is 0 Å². The standard InChI is InChI=1S/C9H12N2O3S/c1-15(13,14)8-6-4-2-3-5-7(6)10-9(12)11-8/h2-5H2,1H3,(H,10,11,12). The van der Waals surface area contributed by atoms with Gasteiger partial charge in [0.1, 0.15) is 0 Å². The number of aromatic nitrogens is 2. The first-order valence-corrected chi connectivity index (χ1v) is 6.70. The van der Waals surface area contributed by atoms with E-state index < -0.39 is 15.5 Å². The zero-order valence-corrected chi connectivity index (χ0v) is 9.23. The predicted molar refractivity (Wildman–Crippen MR) is 54.6 cm³/mol. The number of fused-ring (bicyclic) bond motifs is 1. The van der Waals surface area contributed by atoms with Crippen LogP contribution in [0.25, 0.3) is 0 Å². The summed E-state index contributed by atoms with van der Waals surface area (Å²) >= 11 is 0. The maximum Gasteiger partial charge on any atom is 0.346 e. The first-order chi connectivity index (χ1) is 6.98. The Morgan fingerprint density at radius 2 is 1.93 bits per heavy atom. The molecule has 5 nitrogen and oxygen atoms in total. The second-order valence-electron chi connectivity index (χ2n) is 3.78. The molecule has 0 saturated carbocycles. The number of nitrogens with one attached hydrogen (secondary N) is 1. The van der Waals surface area contributed by atoms with Crippen molar-refractivity contribution >= 4 is 9.84 Å². The zero-order chi connectivity index (χ0) is 11.1. The van der Waals surface area contributed by atoms with Crippen molar-refractivity contribution in [2.24, 2.45) is 0 Å². The van der Waals surface area contributed by atoms with Crippen LogP contribution in [0, 0.1) is 0 Å². The van der Waals surface area contributed by atoms with Gasteiger partial charge in [0.05, 0.1) is 0 Å². The van der Waals surface area contributed by atoms with Gasteiger partial charge in [-0.05, 0) is 25.7 Å². The summed E-state index contributed by atoms with van der Waals surface area (Å²) in [6, 6.07) is 0. The van der Waals surface area contributed by atoms with Gasteiger partial charge >= 0.3 is 5.69 Å². The van der Waals surface area contributed by atoms with Gasteiger partial charge in [0.15, 0.2) is 14.9 Å². The van der Waals surface area contributed by atoms with E-state index in [0.717, 1.165) is 31.2 Å². The molecule has 0 fully saturated rings. The fourth-order valence-electron chi connectivity index (χ4n) is 1.90. The summed E-state index contributed by atoms with van der Waals surface area (Å²) < 4.78 is 22.9. The fraction of sp³-hybridized carbons (Fsp3) is 0.556. The van der Waals surface area contributed by atoms with E-state index in [9.17, 15) is 13.2 Å². The van der Waals surface area contributed by atoms with Crippen LogP contribution in [-0.4, -0.2) is 24.6 Å². The van der Waals surface area contributed by atoms with Crippen molar-refractivity contribution in [2.75, 3.05) is 6.26 Å². The molecule has 1 aliphatic rings. The number of H-pyrrole nitrogens is 1. The van der Waals surface area contributed by atoms with Gasteiger partial charge in [-0.15, -0.1) is 0 Å². The molecule has 1 N–H and O–H groups in total. The van der Waals surface area contributed by atoms with E-state index in [0.29, 0.717) is 12.0 Å². The van der Waals surface area contributed by atoms with Gasteiger partial charge in [0.2, 0.25) is 0 Å². The van der Waals surface area contributed by atoms with E-state index >= 15 is 0 Å². The lowest BCUT2D eigenvalue weighted by Crippen LogP contribution is -2.23. The highest BCUT2D eigenvalue weighted by Gasteiger charge is 2.21. The van der Waals surface area contributed by atoms with E-state index in [1.165, 1.54) is 0 Å². The lowest BCUT2D eigenvalue weighted by Gasteiger charge is -2.16. The minimum atomic E-state index is -3.40. The molecule has 15 heavy (non-hydrogen) atoms. The maximum absolute atomic E-state index is 11.4. The Balaban J connectivity index is 2.74. The van der Waals surface area contributed by atoms with Crippen LogP contribution >= 0.6 is 0 Å². The van der Waals surface area contributed by atoms with E-state index in [4.69, 9.17) is 0 Å². The van der Waals surface area contributed by atoms with Gasteiger partial charge in [-0.2, -0.15) is 4.98 Å². The minimum absolute atomic E-state index is 0.0408. The van der Waals surface area contributed by atoms with Crippen LogP contribution in [0.2, 0.25) is 0 Å². The summed E-state index contributed by atoms with van der Waals surface area (Å²) in [5.74, 6) is 0. The first kappa shape index (κ1) is 10.4. The number of aryl methyl sites for hydroxylation is 1. The number of sulfone groups is 1. The zero-order valence-electron chi connectivity index (χ0n) is 8.41. The maximum atomic E-state index is 11.4. The molecule has 0 aromatic carbocycles. The van der Waals surface area contributed by atoms with E-state index in [1.807, 2.05) is 0 Å². The third-order valence-electron chi connectivity index (χ3n) is 2.54. The van der Waals surface area contributed by atoms with E-state index in [1.54, 1.807) is 0 Å². The molecular weight excluding hydrogens is 216 g/mol. The van der Waals surface area contributed by atoms with Gasteiger partial charge in [-0.1, -0.05) is 0 Å². The molecule has 0 amide bonds. The average molecular weight is 228 g/mol. The molecule has 0 saturated heterocycles. The van der Waals surface area contributed by atoms with Crippen molar-refractivity contribution in [3.8, 4) is 0 Å². The van der Waals surface area contributed by atoms with Crippen molar-refractivity contribution in [3.63, 3.8) is 0 Å². The molecule has 0 atom stereocenters. The summed E-state index contributed by atoms with van der Waals surface area (Å²) in [4.78, 5) is 17.3. The molecule has 1 aliphatic carbocycles. The SMILES string of the molecule is CS(=O)(=O)c1nc(=O)[nH]c2c1CCCC2. The average Bonchev–Trinajstić information content (AvgIpc) is 2.15. The molecule has 0 aliphatic heterocycles. The fourth-order valence-corrected chi connectivity index (χ4v) is 2.82. The van der Waals surface area contributed by atoms with Crippen LogP contribution in [-0.2, 0) is 22.7 Å². The summed E-state index contributed by atoms with van der Waals surface area (Å²) in [5, 5.41) is -0.0408.